The Morgan fingerprint density at radius 3 is 2.75 bits per heavy atom. The first-order chi connectivity index (χ1) is 5.65. The number of aliphatic hydroxyl groups excluding tert-OH is 1. The molecule has 68 valence electrons. The van der Waals surface area contributed by atoms with Gasteiger partial charge in [0, 0.05) is 5.92 Å². The molecule has 0 heterocycles. The van der Waals surface area contributed by atoms with Crippen LogP contribution in [-0.2, 0) is 0 Å². The number of aliphatic hydroxyl groups is 1. The summed E-state index contributed by atoms with van der Waals surface area (Å²) in [4.78, 5) is 0. The molecule has 12 heavy (non-hydrogen) atoms. The molecule has 1 saturated carbocycles. The lowest BCUT2D eigenvalue weighted by molar-refractivity contribution is 0.149. The van der Waals surface area contributed by atoms with Crippen molar-refractivity contribution in [3.63, 3.8) is 0 Å². The molecular weight excluding hydrogens is 148 g/mol. The third kappa shape index (κ3) is 2.04. The van der Waals surface area contributed by atoms with Crippen LogP contribution in [-0.4, -0.2) is 11.2 Å². The second-order valence-electron chi connectivity index (χ2n) is 4.06. The van der Waals surface area contributed by atoms with E-state index in [0.29, 0.717) is 5.92 Å². The molecular formula is C11H19O+. The first kappa shape index (κ1) is 9.66. The van der Waals surface area contributed by atoms with E-state index in [1.165, 1.54) is 0 Å². The van der Waals surface area contributed by atoms with Gasteiger partial charge >= 0.3 is 0 Å². The Morgan fingerprint density at radius 2 is 2.33 bits per heavy atom. The molecule has 1 nitrogen and oxygen atoms in total. The van der Waals surface area contributed by atoms with Gasteiger partial charge in [-0.2, -0.15) is 0 Å². The number of rotatable bonds is 3. The van der Waals surface area contributed by atoms with Crippen LogP contribution < -0.4 is 0 Å². The summed E-state index contributed by atoms with van der Waals surface area (Å²) in [7, 11) is 0. The molecule has 0 aromatic carbocycles. The van der Waals surface area contributed by atoms with Crippen molar-refractivity contribution in [2.45, 2.75) is 32.3 Å². The molecule has 1 heteroatoms. The topological polar surface area (TPSA) is 20.2 Å². The Hall–Kier alpha value is -0.430. The van der Waals surface area contributed by atoms with E-state index in [1.807, 2.05) is 6.08 Å². The molecule has 1 N–H and O–H groups in total. The van der Waals surface area contributed by atoms with Crippen molar-refractivity contribution < 1.29 is 5.11 Å². The van der Waals surface area contributed by atoms with Crippen LogP contribution in [0.2, 0.25) is 0 Å². The van der Waals surface area contributed by atoms with Crippen LogP contribution in [0.15, 0.2) is 12.7 Å². The van der Waals surface area contributed by atoms with Gasteiger partial charge in [0.1, 0.15) is 0 Å². The summed E-state index contributed by atoms with van der Waals surface area (Å²) in [5.74, 6) is 1.87. The zero-order chi connectivity index (χ0) is 9.14. The van der Waals surface area contributed by atoms with E-state index in [4.69, 9.17) is 0 Å². The largest absolute Gasteiger partial charge is 0.353 e. The second-order valence-corrected chi connectivity index (χ2v) is 4.06. The van der Waals surface area contributed by atoms with Crippen LogP contribution in [0.5, 0.6) is 0 Å². The van der Waals surface area contributed by atoms with Crippen molar-refractivity contribution in [3.8, 4) is 0 Å². The van der Waals surface area contributed by atoms with Crippen LogP contribution in [0.25, 0.3) is 0 Å². The van der Waals surface area contributed by atoms with Gasteiger partial charge in [-0.05, 0) is 31.1 Å². The molecule has 0 radical (unpaired) electrons. The molecule has 1 fully saturated rings. The fourth-order valence-corrected chi connectivity index (χ4v) is 2.24. The normalized spacial score (nSPS) is 38.0. The number of hydrogen-bond acceptors (Lipinski definition) is 1. The van der Waals surface area contributed by atoms with Crippen molar-refractivity contribution in [1.29, 1.82) is 0 Å². The zero-order valence-electron chi connectivity index (χ0n) is 7.87. The minimum absolute atomic E-state index is 0.373. The van der Waals surface area contributed by atoms with Gasteiger partial charge in [0.25, 0.3) is 0 Å². The zero-order valence-corrected chi connectivity index (χ0v) is 7.87. The maximum Gasteiger partial charge on any atom is 0.194 e. The van der Waals surface area contributed by atoms with Crippen LogP contribution in [0, 0.1) is 24.7 Å². The Kier molecular flexibility index (Phi) is 3.21. The summed E-state index contributed by atoms with van der Waals surface area (Å²) in [6, 6.07) is 0. The van der Waals surface area contributed by atoms with Crippen LogP contribution in [0.3, 0.4) is 0 Å². The number of hydrogen-bond donors (Lipinski definition) is 1. The highest BCUT2D eigenvalue weighted by Gasteiger charge is 2.35. The van der Waals surface area contributed by atoms with Crippen molar-refractivity contribution in [3.05, 3.63) is 19.6 Å². The maximum atomic E-state index is 9.32. The average Bonchev–Trinajstić information content (AvgIpc) is 2.34. The predicted octanol–water partition coefficient (Wildman–Crippen LogP) is 2.42. The molecule has 0 bridgehead atoms. The first-order valence-corrected chi connectivity index (χ1v) is 4.77. The SMILES string of the molecule is C=CCC1CC([C@@H]([CH2+])O)C[C@@H]1C. The highest BCUT2D eigenvalue weighted by molar-refractivity contribution is 4.88. The van der Waals surface area contributed by atoms with E-state index in [0.717, 1.165) is 31.1 Å². The minimum Gasteiger partial charge on any atom is -0.353 e. The molecule has 2 unspecified atom stereocenters. The Labute approximate surface area is 75.5 Å². The van der Waals surface area contributed by atoms with Crippen molar-refractivity contribution in [2.75, 3.05) is 0 Å². The third-order valence-corrected chi connectivity index (χ3v) is 3.10. The van der Waals surface area contributed by atoms with E-state index in [1.54, 1.807) is 0 Å². The smallest absolute Gasteiger partial charge is 0.194 e. The summed E-state index contributed by atoms with van der Waals surface area (Å²) in [6.07, 6.45) is 4.95. The highest BCUT2D eigenvalue weighted by Crippen LogP contribution is 2.39. The highest BCUT2D eigenvalue weighted by atomic mass is 16.3. The first-order valence-electron chi connectivity index (χ1n) is 4.77. The fourth-order valence-electron chi connectivity index (χ4n) is 2.24. The number of allylic oxidation sites excluding steroid dienone is 1. The Bertz CT molecular complexity index is 151. The average molecular weight is 167 g/mol. The van der Waals surface area contributed by atoms with Gasteiger partial charge in [-0.15, -0.1) is 6.58 Å². The van der Waals surface area contributed by atoms with Crippen molar-refractivity contribution in [2.24, 2.45) is 17.8 Å². The summed E-state index contributed by atoms with van der Waals surface area (Å²) in [5, 5.41) is 9.32. The lowest BCUT2D eigenvalue weighted by Gasteiger charge is -2.11. The summed E-state index contributed by atoms with van der Waals surface area (Å²) >= 11 is 0. The molecule has 0 aromatic rings. The standard InChI is InChI=1S/C11H19O/c1-4-5-10-7-11(9(3)12)6-8(10)2/h4,8-12H,1,3,5-7H2,2H3/q+1/t8-,9+,10?,11?/m0/s1. The van der Waals surface area contributed by atoms with Crippen molar-refractivity contribution >= 4 is 0 Å². The lowest BCUT2D eigenvalue weighted by atomic mass is 9.95. The third-order valence-electron chi connectivity index (χ3n) is 3.10. The second kappa shape index (κ2) is 3.99. The molecule has 0 amide bonds. The van der Waals surface area contributed by atoms with Gasteiger partial charge < -0.3 is 5.11 Å². The van der Waals surface area contributed by atoms with Gasteiger partial charge in [-0.3, -0.25) is 0 Å². The monoisotopic (exact) mass is 167 g/mol. The van der Waals surface area contributed by atoms with E-state index >= 15 is 0 Å². The minimum atomic E-state index is -0.373. The molecule has 1 rings (SSSR count). The molecule has 1 aliphatic carbocycles. The van der Waals surface area contributed by atoms with Gasteiger partial charge in [-0.25, -0.2) is 0 Å². The lowest BCUT2D eigenvalue weighted by Crippen LogP contribution is -2.13. The summed E-state index contributed by atoms with van der Waals surface area (Å²) in [6.45, 7) is 9.69. The van der Waals surface area contributed by atoms with E-state index in [2.05, 4.69) is 20.4 Å². The predicted molar refractivity (Wildman–Crippen MR) is 51.6 cm³/mol. The van der Waals surface area contributed by atoms with E-state index in [-0.39, 0.29) is 6.10 Å². The molecule has 0 aliphatic heterocycles. The molecule has 0 aromatic heterocycles. The Balaban J connectivity index is 2.44. The van der Waals surface area contributed by atoms with E-state index < -0.39 is 0 Å². The molecule has 0 spiro atoms. The van der Waals surface area contributed by atoms with Gasteiger partial charge in [-0.1, -0.05) is 13.0 Å². The van der Waals surface area contributed by atoms with Crippen LogP contribution >= 0.6 is 0 Å². The van der Waals surface area contributed by atoms with Gasteiger partial charge in [0.2, 0.25) is 0 Å². The van der Waals surface area contributed by atoms with E-state index in [9.17, 15) is 5.11 Å². The Morgan fingerprint density at radius 1 is 1.67 bits per heavy atom. The van der Waals surface area contributed by atoms with Gasteiger partial charge in [0.15, 0.2) is 6.10 Å². The molecule has 4 atom stereocenters. The summed E-state index contributed by atoms with van der Waals surface area (Å²) < 4.78 is 0. The quantitative estimate of drug-likeness (QED) is 0.505. The fraction of sp³-hybridized carbons (Fsp3) is 0.727. The van der Waals surface area contributed by atoms with Crippen LogP contribution in [0.4, 0.5) is 0 Å². The summed E-state index contributed by atoms with van der Waals surface area (Å²) in [5.41, 5.74) is 0. The van der Waals surface area contributed by atoms with Gasteiger partial charge in [0.05, 0.1) is 6.92 Å². The van der Waals surface area contributed by atoms with Crippen molar-refractivity contribution in [1.82, 2.24) is 0 Å². The molecule has 1 aliphatic rings. The molecule has 0 saturated heterocycles. The maximum absolute atomic E-state index is 9.32. The van der Waals surface area contributed by atoms with Crippen LogP contribution in [0.1, 0.15) is 26.2 Å².